The molecule has 2 heterocycles. The first kappa shape index (κ1) is 12.8. The maximum Gasteiger partial charge on any atom is 0.150 e. The van der Waals surface area contributed by atoms with E-state index in [1.165, 1.54) is 0 Å². The number of rotatable bonds is 1. The zero-order chi connectivity index (χ0) is 12.5. The van der Waals surface area contributed by atoms with Crippen molar-refractivity contribution in [2.45, 2.75) is 45.1 Å². The lowest BCUT2D eigenvalue weighted by Gasteiger charge is -2.40. The van der Waals surface area contributed by atoms with Gasteiger partial charge in [0.25, 0.3) is 0 Å². The number of hydrogen-bond acceptors (Lipinski definition) is 3. The molecule has 0 radical (unpaired) electrons. The largest absolute Gasteiger partial charge is 0.298 e. The van der Waals surface area contributed by atoms with E-state index in [0.717, 1.165) is 31.6 Å². The molecule has 0 N–H and O–H groups in total. The Bertz CT molecular complexity index is 378. The van der Waals surface area contributed by atoms with E-state index < -0.39 is 0 Å². The summed E-state index contributed by atoms with van der Waals surface area (Å²) >= 11 is 6.10. The maximum absolute atomic E-state index is 6.10. The van der Waals surface area contributed by atoms with E-state index in [1.807, 2.05) is 0 Å². The average Bonchev–Trinajstić information content (AvgIpc) is 2.29. The standard InChI is InChI=1S/C13H20ClN3/c1-13(2,3)17-8-4-10(5-9-17)11-12(14)16-7-6-15-11/h6-7,10H,4-5,8-9H2,1-3H3. The summed E-state index contributed by atoms with van der Waals surface area (Å²) in [4.78, 5) is 11.0. The van der Waals surface area contributed by atoms with Crippen LogP contribution in [0, 0.1) is 0 Å². The minimum atomic E-state index is 0.261. The van der Waals surface area contributed by atoms with Crippen LogP contribution in [0.1, 0.15) is 45.2 Å². The van der Waals surface area contributed by atoms with Gasteiger partial charge < -0.3 is 0 Å². The molecule has 1 fully saturated rings. The molecular weight excluding hydrogens is 234 g/mol. The fraction of sp³-hybridized carbons (Fsp3) is 0.692. The van der Waals surface area contributed by atoms with Gasteiger partial charge in [-0.3, -0.25) is 9.88 Å². The van der Waals surface area contributed by atoms with Gasteiger partial charge in [-0.25, -0.2) is 4.98 Å². The van der Waals surface area contributed by atoms with Crippen molar-refractivity contribution in [3.63, 3.8) is 0 Å². The highest BCUT2D eigenvalue weighted by Gasteiger charge is 2.29. The zero-order valence-electron chi connectivity index (χ0n) is 10.8. The molecule has 2 rings (SSSR count). The number of aromatic nitrogens is 2. The number of nitrogens with zero attached hydrogens (tertiary/aromatic N) is 3. The van der Waals surface area contributed by atoms with Crippen LogP contribution in [0.5, 0.6) is 0 Å². The Labute approximate surface area is 108 Å². The molecule has 0 aromatic carbocycles. The van der Waals surface area contributed by atoms with Crippen molar-refractivity contribution in [2.75, 3.05) is 13.1 Å². The highest BCUT2D eigenvalue weighted by molar-refractivity contribution is 6.30. The Kier molecular flexibility index (Phi) is 3.69. The fourth-order valence-corrected chi connectivity index (χ4v) is 2.69. The summed E-state index contributed by atoms with van der Waals surface area (Å²) in [5.74, 6) is 0.467. The normalized spacial score (nSPS) is 19.5. The maximum atomic E-state index is 6.10. The third-order valence-corrected chi connectivity index (χ3v) is 3.80. The highest BCUT2D eigenvalue weighted by atomic mass is 35.5. The van der Waals surface area contributed by atoms with E-state index >= 15 is 0 Å². The Hall–Kier alpha value is -0.670. The van der Waals surface area contributed by atoms with Gasteiger partial charge in [0.05, 0.1) is 5.69 Å². The molecule has 1 aromatic heterocycles. The van der Waals surface area contributed by atoms with Crippen LogP contribution in [0.15, 0.2) is 12.4 Å². The van der Waals surface area contributed by atoms with Crippen LogP contribution in [0.4, 0.5) is 0 Å². The molecule has 94 valence electrons. The van der Waals surface area contributed by atoms with Crippen molar-refractivity contribution in [1.82, 2.24) is 14.9 Å². The van der Waals surface area contributed by atoms with Gasteiger partial charge in [0.15, 0.2) is 5.15 Å². The molecule has 0 amide bonds. The predicted molar refractivity (Wildman–Crippen MR) is 70.3 cm³/mol. The minimum Gasteiger partial charge on any atom is -0.298 e. The van der Waals surface area contributed by atoms with Crippen LogP contribution < -0.4 is 0 Å². The molecule has 1 saturated heterocycles. The van der Waals surface area contributed by atoms with Crippen LogP contribution >= 0.6 is 11.6 Å². The Morgan fingerprint density at radius 1 is 1.18 bits per heavy atom. The van der Waals surface area contributed by atoms with Gasteiger partial charge in [-0.05, 0) is 46.7 Å². The van der Waals surface area contributed by atoms with Crippen LogP contribution in [-0.4, -0.2) is 33.5 Å². The molecule has 0 bridgehead atoms. The van der Waals surface area contributed by atoms with Gasteiger partial charge in [-0.2, -0.15) is 0 Å². The summed E-state index contributed by atoms with van der Waals surface area (Å²) in [6.45, 7) is 9.02. The van der Waals surface area contributed by atoms with Crippen LogP contribution in [0.25, 0.3) is 0 Å². The number of halogens is 1. The van der Waals surface area contributed by atoms with E-state index in [4.69, 9.17) is 11.6 Å². The second-order valence-electron chi connectivity index (χ2n) is 5.66. The molecule has 0 aliphatic carbocycles. The van der Waals surface area contributed by atoms with Crippen molar-refractivity contribution in [3.05, 3.63) is 23.2 Å². The Morgan fingerprint density at radius 2 is 1.76 bits per heavy atom. The van der Waals surface area contributed by atoms with Gasteiger partial charge in [0, 0.05) is 23.9 Å². The molecule has 0 saturated carbocycles. The topological polar surface area (TPSA) is 29.0 Å². The lowest BCUT2D eigenvalue weighted by molar-refractivity contribution is 0.101. The van der Waals surface area contributed by atoms with Gasteiger partial charge in [-0.1, -0.05) is 11.6 Å². The lowest BCUT2D eigenvalue weighted by atomic mass is 9.91. The number of hydrogen-bond donors (Lipinski definition) is 0. The summed E-state index contributed by atoms with van der Waals surface area (Å²) in [6.07, 6.45) is 5.62. The van der Waals surface area contributed by atoms with Crippen molar-refractivity contribution >= 4 is 11.6 Å². The monoisotopic (exact) mass is 253 g/mol. The molecule has 3 nitrogen and oxygen atoms in total. The van der Waals surface area contributed by atoms with E-state index in [9.17, 15) is 0 Å². The first-order valence-electron chi connectivity index (χ1n) is 6.20. The van der Waals surface area contributed by atoms with Crippen molar-refractivity contribution in [2.24, 2.45) is 0 Å². The van der Waals surface area contributed by atoms with E-state index in [1.54, 1.807) is 12.4 Å². The van der Waals surface area contributed by atoms with Gasteiger partial charge in [-0.15, -0.1) is 0 Å². The summed E-state index contributed by atoms with van der Waals surface area (Å²) in [7, 11) is 0. The molecule has 1 aliphatic heterocycles. The van der Waals surface area contributed by atoms with Crippen LogP contribution in [-0.2, 0) is 0 Å². The number of likely N-dealkylation sites (tertiary alicyclic amines) is 1. The van der Waals surface area contributed by atoms with E-state index in [2.05, 4.69) is 35.6 Å². The summed E-state index contributed by atoms with van der Waals surface area (Å²) < 4.78 is 0. The van der Waals surface area contributed by atoms with Gasteiger partial charge in [0.1, 0.15) is 0 Å². The number of piperidine rings is 1. The van der Waals surface area contributed by atoms with Gasteiger partial charge >= 0.3 is 0 Å². The predicted octanol–water partition coefficient (Wildman–Crippen LogP) is 3.11. The van der Waals surface area contributed by atoms with Crippen LogP contribution in [0.2, 0.25) is 5.15 Å². The average molecular weight is 254 g/mol. The fourth-order valence-electron chi connectivity index (χ4n) is 2.43. The lowest BCUT2D eigenvalue weighted by Crippen LogP contribution is -2.45. The molecule has 0 spiro atoms. The van der Waals surface area contributed by atoms with Crippen molar-refractivity contribution < 1.29 is 0 Å². The molecule has 0 unspecified atom stereocenters. The molecular formula is C13H20ClN3. The molecule has 1 aliphatic rings. The third-order valence-electron chi connectivity index (χ3n) is 3.51. The first-order chi connectivity index (χ1) is 7.98. The summed E-state index contributed by atoms with van der Waals surface area (Å²) in [6, 6.07) is 0. The molecule has 0 atom stereocenters. The first-order valence-corrected chi connectivity index (χ1v) is 6.58. The van der Waals surface area contributed by atoms with Gasteiger partial charge in [0.2, 0.25) is 0 Å². The zero-order valence-corrected chi connectivity index (χ0v) is 11.5. The molecule has 1 aromatic rings. The van der Waals surface area contributed by atoms with Crippen molar-refractivity contribution in [1.29, 1.82) is 0 Å². The second kappa shape index (κ2) is 4.91. The Balaban J connectivity index is 2.03. The molecule has 4 heteroatoms. The quantitative estimate of drug-likeness (QED) is 0.770. The van der Waals surface area contributed by atoms with Crippen molar-refractivity contribution in [3.8, 4) is 0 Å². The summed E-state index contributed by atoms with van der Waals surface area (Å²) in [5, 5.41) is 0.571. The SMILES string of the molecule is CC(C)(C)N1CCC(c2nccnc2Cl)CC1. The smallest absolute Gasteiger partial charge is 0.150 e. The third kappa shape index (κ3) is 2.96. The van der Waals surface area contributed by atoms with E-state index in [-0.39, 0.29) is 5.54 Å². The van der Waals surface area contributed by atoms with Crippen LogP contribution in [0.3, 0.4) is 0 Å². The highest BCUT2D eigenvalue weighted by Crippen LogP contribution is 2.32. The minimum absolute atomic E-state index is 0.261. The molecule has 17 heavy (non-hydrogen) atoms. The Morgan fingerprint density at radius 3 is 2.29 bits per heavy atom. The second-order valence-corrected chi connectivity index (χ2v) is 6.02. The van der Waals surface area contributed by atoms with E-state index in [0.29, 0.717) is 11.1 Å². The summed E-state index contributed by atoms with van der Waals surface area (Å²) in [5.41, 5.74) is 1.24.